The highest BCUT2D eigenvalue weighted by molar-refractivity contribution is 4.69. The predicted octanol–water partition coefficient (Wildman–Crippen LogP) is 1.75. The summed E-state index contributed by atoms with van der Waals surface area (Å²) in [5.41, 5.74) is 0. The normalized spacial score (nSPS) is 26.0. The average molecular weight is 171 g/mol. The van der Waals surface area contributed by atoms with Gasteiger partial charge in [0.15, 0.2) is 0 Å². The Hall–Kier alpha value is -0.0800. The fourth-order valence-electron chi connectivity index (χ4n) is 1.83. The molecule has 0 aromatic rings. The molecule has 0 radical (unpaired) electrons. The van der Waals surface area contributed by atoms with E-state index in [1.807, 2.05) is 0 Å². The number of hydrogen-bond donors (Lipinski definition) is 0. The van der Waals surface area contributed by atoms with Crippen molar-refractivity contribution in [1.82, 2.24) is 4.90 Å². The maximum Gasteiger partial charge on any atom is 0.0593 e. The molecule has 1 unspecified atom stereocenters. The second kappa shape index (κ2) is 5.55. The van der Waals surface area contributed by atoms with Crippen LogP contribution in [0.2, 0.25) is 0 Å². The third-order valence-corrected chi connectivity index (χ3v) is 2.50. The molecule has 0 spiro atoms. The molecule has 1 atom stereocenters. The minimum absolute atomic E-state index is 0.851. The van der Waals surface area contributed by atoms with E-state index in [1.165, 1.54) is 25.9 Å². The highest BCUT2D eigenvalue weighted by Crippen LogP contribution is 2.14. The monoisotopic (exact) mass is 171 g/mol. The molecule has 2 nitrogen and oxygen atoms in total. The van der Waals surface area contributed by atoms with Crippen molar-refractivity contribution in [2.45, 2.75) is 26.7 Å². The van der Waals surface area contributed by atoms with Gasteiger partial charge in [0.25, 0.3) is 0 Å². The third kappa shape index (κ3) is 3.55. The SMILES string of the molecule is CCOCCN1CCCC(C)C1. The summed E-state index contributed by atoms with van der Waals surface area (Å²) in [6, 6.07) is 0. The lowest BCUT2D eigenvalue weighted by Gasteiger charge is -2.30. The van der Waals surface area contributed by atoms with Gasteiger partial charge in [0.05, 0.1) is 6.61 Å². The van der Waals surface area contributed by atoms with E-state index in [4.69, 9.17) is 4.74 Å². The van der Waals surface area contributed by atoms with Gasteiger partial charge in [0, 0.05) is 19.7 Å². The Kier molecular flexibility index (Phi) is 4.62. The van der Waals surface area contributed by atoms with E-state index in [-0.39, 0.29) is 0 Å². The maximum absolute atomic E-state index is 5.33. The van der Waals surface area contributed by atoms with Gasteiger partial charge in [0.1, 0.15) is 0 Å². The van der Waals surface area contributed by atoms with Crippen LogP contribution in [0.3, 0.4) is 0 Å². The minimum atomic E-state index is 0.851. The fraction of sp³-hybridized carbons (Fsp3) is 1.00. The molecule has 0 amide bonds. The van der Waals surface area contributed by atoms with Gasteiger partial charge in [-0.1, -0.05) is 6.92 Å². The van der Waals surface area contributed by atoms with Crippen molar-refractivity contribution in [3.05, 3.63) is 0 Å². The Balaban J connectivity index is 2.06. The van der Waals surface area contributed by atoms with Crippen molar-refractivity contribution in [1.29, 1.82) is 0 Å². The second-order valence-electron chi connectivity index (χ2n) is 3.74. The molecular weight excluding hydrogens is 150 g/mol. The fourth-order valence-corrected chi connectivity index (χ4v) is 1.83. The summed E-state index contributed by atoms with van der Waals surface area (Å²) in [7, 11) is 0. The molecule has 0 aliphatic carbocycles. The van der Waals surface area contributed by atoms with E-state index in [9.17, 15) is 0 Å². The van der Waals surface area contributed by atoms with Crippen LogP contribution in [-0.2, 0) is 4.74 Å². The van der Waals surface area contributed by atoms with Crippen molar-refractivity contribution >= 4 is 0 Å². The molecule has 1 aliphatic heterocycles. The first kappa shape index (κ1) is 10.0. The van der Waals surface area contributed by atoms with Crippen molar-refractivity contribution in [2.75, 3.05) is 32.8 Å². The standard InChI is InChI=1S/C10H21NO/c1-3-12-8-7-11-6-4-5-10(2)9-11/h10H,3-9H2,1-2H3. The second-order valence-corrected chi connectivity index (χ2v) is 3.74. The Morgan fingerprint density at radius 1 is 1.50 bits per heavy atom. The summed E-state index contributed by atoms with van der Waals surface area (Å²) < 4.78 is 5.33. The summed E-state index contributed by atoms with van der Waals surface area (Å²) in [5.74, 6) is 0.889. The van der Waals surface area contributed by atoms with Crippen LogP contribution in [0, 0.1) is 5.92 Å². The van der Waals surface area contributed by atoms with E-state index in [0.717, 1.165) is 25.7 Å². The molecule has 0 aromatic heterocycles. The van der Waals surface area contributed by atoms with Gasteiger partial charge in [-0.2, -0.15) is 0 Å². The van der Waals surface area contributed by atoms with E-state index in [2.05, 4.69) is 18.7 Å². The minimum Gasteiger partial charge on any atom is -0.380 e. The number of ether oxygens (including phenoxy) is 1. The number of piperidine rings is 1. The van der Waals surface area contributed by atoms with Gasteiger partial charge in [0.2, 0.25) is 0 Å². The Morgan fingerprint density at radius 3 is 3.00 bits per heavy atom. The van der Waals surface area contributed by atoms with Crippen molar-refractivity contribution in [3.8, 4) is 0 Å². The van der Waals surface area contributed by atoms with E-state index >= 15 is 0 Å². The lowest BCUT2D eigenvalue weighted by molar-refractivity contribution is 0.0944. The lowest BCUT2D eigenvalue weighted by atomic mass is 10.0. The van der Waals surface area contributed by atoms with Crippen LogP contribution in [0.4, 0.5) is 0 Å². The van der Waals surface area contributed by atoms with Crippen LogP contribution < -0.4 is 0 Å². The quantitative estimate of drug-likeness (QED) is 0.598. The number of likely N-dealkylation sites (tertiary alicyclic amines) is 1. The molecule has 72 valence electrons. The van der Waals surface area contributed by atoms with Crippen LogP contribution >= 0.6 is 0 Å². The molecule has 1 aliphatic rings. The highest BCUT2D eigenvalue weighted by atomic mass is 16.5. The maximum atomic E-state index is 5.33. The van der Waals surface area contributed by atoms with E-state index in [0.29, 0.717) is 0 Å². The van der Waals surface area contributed by atoms with Gasteiger partial charge in [-0.25, -0.2) is 0 Å². The van der Waals surface area contributed by atoms with Gasteiger partial charge < -0.3 is 9.64 Å². The van der Waals surface area contributed by atoms with Gasteiger partial charge in [-0.3, -0.25) is 0 Å². The molecule has 1 rings (SSSR count). The zero-order chi connectivity index (χ0) is 8.81. The predicted molar refractivity (Wildman–Crippen MR) is 51.3 cm³/mol. The molecular formula is C10H21NO. The molecule has 0 saturated carbocycles. The zero-order valence-corrected chi connectivity index (χ0v) is 8.38. The Bertz CT molecular complexity index is 116. The molecule has 0 N–H and O–H groups in total. The summed E-state index contributed by atoms with van der Waals surface area (Å²) in [5, 5.41) is 0. The molecule has 0 bridgehead atoms. The van der Waals surface area contributed by atoms with Gasteiger partial charge in [-0.05, 0) is 32.2 Å². The van der Waals surface area contributed by atoms with Crippen LogP contribution in [-0.4, -0.2) is 37.7 Å². The first-order valence-electron chi connectivity index (χ1n) is 5.13. The van der Waals surface area contributed by atoms with Crippen molar-refractivity contribution in [3.63, 3.8) is 0 Å². The van der Waals surface area contributed by atoms with Crippen LogP contribution in [0.5, 0.6) is 0 Å². The first-order chi connectivity index (χ1) is 5.83. The zero-order valence-electron chi connectivity index (χ0n) is 8.38. The summed E-state index contributed by atoms with van der Waals surface area (Å²) in [6.45, 7) is 9.82. The van der Waals surface area contributed by atoms with Crippen LogP contribution in [0.15, 0.2) is 0 Å². The molecule has 0 aromatic carbocycles. The van der Waals surface area contributed by atoms with Crippen molar-refractivity contribution in [2.24, 2.45) is 5.92 Å². The molecule has 2 heteroatoms. The molecule has 1 saturated heterocycles. The number of nitrogens with zero attached hydrogens (tertiary/aromatic N) is 1. The first-order valence-corrected chi connectivity index (χ1v) is 5.13. The molecule has 1 fully saturated rings. The molecule has 12 heavy (non-hydrogen) atoms. The highest BCUT2D eigenvalue weighted by Gasteiger charge is 2.14. The van der Waals surface area contributed by atoms with Crippen LogP contribution in [0.1, 0.15) is 26.7 Å². The largest absolute Gasteiger partial charge is 0.380 e. The number of rotatable bonds is 4. The summed E-state index contributed by atoms with van der Waals surface area (Å²) in [6.07, 6.45) is 2.78. The molecule has 1 heterocycles. The summed E-state index contributed by atoms with van der Waals surface area (Å²) in [4.78, 5) is 2.52. The van der Waals surface area contributed by atoms with Crippen LogP contribution in [0.25, 0.3) is 0 Å². The van der Waals surface area contributed by atoms with E-state index < -0.39 is 0 Å². The van der Waals surface area contributed by atoms with Gasteiger partial charge in [-0.15, -0.1) is 0 Å². The van der Waals surface area contributed by atoms with E-state index in [1.54, 1.807) is 0 Å². The number of hydrogen-bond acceptors (Lipinski definition) is 2. The third-order valence-electron chi connectivity index (χ3n) is 2.50. The average Bonchev–Trinajstić information content (AvgIpc) is 2.05. The Morgan fingerprint density at radius 2 is 2.33 bits per heavy atom. The lowest BCUT2D eigenvalue weighted by Crippen LogP contribution is -2.36. The smallest absolute Gasteiger partial charge is 0.0593 e. The Labute approximate surface area is 75.9 Å². The van der Waals surface area contributed by atoms with Gasteiger partial charge >= 0.3 is 0 Å². The van der Waals surface area contributed by atoms with Crippen molar-refractivity contribution < 1.29 is 4.74 Å². The summed E-state index contributed by atoms with van der Waals surface area (Å²) >= 11 is 0. The topological polar surface area (TPSA) is 12.5 Å².